The number of ether oxygens (including phenoxy) is 1. The number of hydrogen-bond acceptors (Lipinski definition) is 2. The minimum Gasteiger partial charge on any atom is -0.376 e. The maximum absolute atomic E-state index is 6.16. The van der Waals surface area contributed by atoms with Gasteiger partial charge in [0.2, 0.25) is 0 Å². The molecule has 2 saturated carbocycles. The van der Waals surface area contributed by atoms with E-state index in [1.54, 1.807) is 0 Å². The Morgan fingerprint density at radius 3 is 2.53 bits per heavy atom. The lowest BCUT2D eigenvalue weighted by atomic mass is 9.70. The summed E-state index contributed by atoms with van der Waals surface area (Å²) in [4.78, 5) is 0. The van der Waals surface area contributed by atoms with Crippen LogP contribution in [0.2, 0.25) is 0 Å². The minimum atomic E-state index is 0.419. The SMILES string of the molecule is CCCNCCOC1CC2CCC1(C)C2(C)C. The largest absolute Gasteiger partial charge is 0.376 e. The predicted octanol–water partition coefficient (Wildman–Crippen LogP) is 3.22. The van der Waals surface area contributed by atoms with Gasteiger partial charge in [-0.15, -0.1) is 0 Å². The number of rotatable bonds is 6. The van der Waals surface area contributed by atoms with Crippen molar-refractivity contribution in [3.63, 3.8) is 0 Å². The summed E-state index contributed by atoms with van der Waals surface area (Å²) >= 11 is 0. The van der Waals surface area contributed by atoms with Gasteiger partial charge in [-0.1, -0.05) is 27.7 Å². The molecule has 0 heterocycles. The first kappa shape index (κ1) is 13.4. The smallest absolute Gasteiger partial charge is 0.0637 e. The van der Waals surface area contributed by atoms with Gasteiger partial charge in [-0.05, 0) is 49.0 Å². The molecule has 0 spiro atoms. The van der Waals surface area contributed by atoms with Gasteiger partial charge in [-0.3, -0.25) is 0 Å². The number of nitrogens with one attached hydrogen (secondary N) is 1. The second kappa shape index (κ2) is 4.89. The molecule has 0 saturated heterocycles. The average Bonchev–Trinajstić information content (AvgIpc) is 2.61. The fourth-order valence-electron chi connectivity index (χ4n) is 3.96. The van der Waals surface area contributed by atoms with Crippen LogP contribution in [-0.2, 0) is 4.74 Å². The van der Waals surface area contributed by atoms with Gasteiger partial charge in [0.15, 0.2) is 0 Å². The molecule has 0 aromatic heterocycles. The Balaban J connectivity index is 1.80. The fraction of sp³-hybridized carbons (Fsp3) is 1.00. The van der Waals surface area contributed by atoms with Crippen molar-refractivity contribution in [1.82, 2.24) is 5.32 Å². The Hall–Kier alpha value is -0.0800. The molecular formula is C15H29NO. The maximum atomic E-state index is 6.16. The molecule has 3 unspecified atom stereocenters. The van der Waals surface area contributed by atoms with Crippen LogP contribution in [-0.4, -0.2) is 25.8 Å². The molecule has 2 bridgehead atoms. The Bertz CT molecular complexity index is 264. The second-order valence-electron chi connectivity index (χ2n) is 6.72. The van der Waals surface area contributed by atoms with Gasteiger partial charge in [0, 0.05) is 6.54 Å². The molecule has 3 atom stereocenters. The number of hydrogen-bond donors (Lipinski definition) is 1. The van der Waals surface area contributed by atoms with Crippen molar-refractivity contribution in [2.75, 3.05) is 19.7 Å². The lowest BCUT2D eigenvalue weighted by Crippen LogP contribution is -2.38. The standard InChI is InChI=1S/C15H29NO/c1-5-8-16-9-10-17-13-11-12-6-7-15(13,4)14(12,2)3/h12-13,16H,5-11H2,1-4H3. The van der Waals surface area contributed by atoms with Crippen LogP contribution in [0.4, 0.5) is 0 Å². The van der Waals surface area contributed by atoms with Crippen molar-refractivity contribution < 1.29 is 4.74 Å². The van der Waals surface area contributed by atoms with Crippen LogP contribution in [0.25, 0.3) is 0 Å². The van der Waals surface area contributed by atoms with Crippen LogP contribution in [0.5, 0.6) is 0 Å². The third-order valence-electron chi connectivity index (χ3n) is 5.74. The first-order valence-electron chi connectivity index (χ1n) is 7.34. The lowest BCUT2D eigenvalue weighted by Gasteiger charge is -2.38. The molecule has 0 radical (unpaired) electrons. The van der Waals surface area contributed by atoms with Crippen LogP contribution >= 0.6 is 0 Å². The van der Waals surface area contributed by atoms with Gasteiger partial charge in [0.1, 0.15) is 0 Å². The summed E-state index contributed by atoms with van der Waals surface area (Å²) in [5.41, 5.74) is 0.900. The van der Waals surface area contributed by atoms with Gasteiger partial charge in [0.25, 0.3) is 0 Å². The monoisotopic (exact) mass is 239 g/mol. The van der Waals surface area contributed by atoms with Crippen molar-refractivity contribution in [3.05, 3.63) is 0 Å². The highest BCUT2D eigenvalue weighted by molar-refractivity contribution is 5.11. The van der Waals surface area contributed by atoms with Crippen LogP contribution < -0.4 is 5.32 Å². The van der Waals surface area contributed by atoms with E-state index in [9.17, 15) is 0 Å². The Morgan fingerprint density at radius 1 is 1.24 bits per heavy atom. The predicted molar refractivity (Wildman–Crippen MR) is 72.1 cm³/mol. The van der Waals surface area contributed by atoms with E-state index >= 15 is 0 Å². The Labute approximate surface area is 107 Å². The van der Waals surface area contributed by atoms with Crippen molar-refractivity contribution in [1.29, 1.82) is 0 Å². The normalized spacial score (nSPS) is 38.8. The van der Waals surface area contributed by atoms with Crippen LogP contribution in [0, 0.1) is 16.7 Å². The van der Waals surface area contributed by atoms with Gasteiger partial charge in [0.05, 0.1) is 12.7 Å². The average molecular weight is 239 g/mol. The van der Waals surface area contributed by atoms with Crippen molar-refractivity contribution >= 4 is 0 Å². The number of fused-ring (bicyclic) bond motifs is 2. The summed E-state index contributed by atoms with van der Waals surface area (Å²) in [5, 5.41) is 3.41. The van der Waals surface area contributed by atoms with E-state index in [-0.39, 0.29) is 0 Å². The van der Waals surface area contributed by atoms with Crippen LogP contribution in [0.3, 0.4) is 0 Å². The van der Waals surface area contributed by atoms with E-state index in [0.717, 1.165) is 25.6 Å². The highest BCUT2D eigenvalue weighted by Gasteiger charge is 2.61. The van der Waals surface area contributed by atoms with E-state index in [0.29, 0.717) is 16.9 Å². The van der Waals surface area contributed by atoms with Gasteiger partial charge in [-0.25, -0.2) is 0 Å². The molecule has 2 heteroatoms. The molecule has 2 rings (SSSR count). The van der Waals surface area contributed by atoms with Gasteiger partial charge >= 0.3 is 0 Å². The summed E-state index contributed by atoms with van der Waals surface area (Å²) in [5.74, 6) is 0.890. The summed E-state index contributed by atoms with van der Waals surface area (Å²) in [6, 6.07) is 0. The zero-order valence-electron chi connectivity index (χ0n) is 12.0. The van der Waals surface area contributed by atoms with Gasteiger partial charge < -0.3 is 10.1 Å². The molecule has 0 aromatic rings. The van der Waals surface area contributed by atoms with E-state index in [4.69, 9.17) is 4.74 Å². The maximum Gasteiger partial charge on any atom is 0.0637 e. The molecule has 2 fully saturated rings. The zero-order chi connectivity index (χ0) is 12.5. The first-order valence-corrected chi connectivity index (χ1v) is 7.34. The Morgan fingerprint density at radius 2 is 2.00 bits per heavy atom. The molecule has 0 amide bonds. The highest BCUT2D eigenvalue weighted by Crippen LogP contribution is 2.66. The third-order valence-corrected chi connectivity index (χ3v) is 5.74. The quantitative estimate of drug-likeness (QED) is 0.719. The fourth-order valence-corrected chi connectivity index (χ4v) is 3.96. The van der Waals surface area contributed by atoms with Crippen molar-refractivity contribution in [3.8, 4) is 0 Å². The lowest BCUT2D eigenvalue weighted by molar-refractivity contribution is -0.0449. The summed E-state index contributed by atoms with van der Waals surface area (Å²) < 4.78 is 6.16. The molecule has 17 heavy (non-hydrogen) atoms. The highest BCUT2D eigenvalue weighted by atomic mass is 16.5. The molecule has 2 nitrogen and oxygen atoms in total. The zero-order valence-corrected chi connectivity index (χ0v) is 12.0. The van der Waals surface area contributed by atoms with Gasteiger partial charge in [-0.2, -0.15) is 0 Å². The Kier molecular flexibility index (Phi) is 3.84. The summed E-state index contributed by atoms with van der Waals surface area (Å²) in [6.45, 7) is 12.5. The molecule has 1 N–H and O–H groups in total. The van der Waals surface area contributed by atoms with Crippen LogP contribution in [0.15, 0.2) is 0 Å². The van der Waals surface area contributed by atoms with E-state index in [1.807, 2.05) is 0 Å². The summed E-state index contributed by atoms with van der Waals surface area (Å²) in [7, 11) is 0. The molecule has 2 aliphatic carbocycles. The van der Waals surface area contributed by atoms with Crippen molar-refractivity contribution in [2.24, 2.45) is 16.7 Å². The molecule has 0 aromatic carbocycles. The molecule has 2 aliphatic rings. The topological polar surface area (TPSA) is 21.3 Å². The van der Waals surface area contributed by atoms with E-state index < -0.39 is 0 Å². The molecule has 0 aliphatic heterocycles. The van der Waals surface area contributed by atoms with E-state index in [1.165, 1.54) is 25.7 Å². The van der Waals surface area contributed by atoms with Crippen LogP contribution in [0.1, 0.15) is 53.4 Å². The molecular weight excluding hydrogens is 210 g/mol. The van der Waals surface area contributed by atoms with Crippen molar-refractivity contribution in [2.45, 2.75) is 59.5 Å². The second-order valence-corrected chi connectivity index (χ2v) is 6.72. The summed E-state index contributed by atoms with van der Waals surface area (Å²) in [6.07, 6.45) is 5.77. The minimum absolute atomic E-state index is 0.419. The molecule has 100 valence electrons. The van der Waals surface area contributed by atoms with E-state index in [2.05, 4.69) is 33.0 Å². The first-order chi connectivity index (χ1) is 8.02. The third kappa shape index (κ3) is 2.15.